The van der Waals surface area contributed by atoms with Gasteiger partial charge in [0.25, 0.3) is 0 Å². The number of carbonyl (C=O) groups is 2. The number of halogens is 1. The van der Waals surface area contributed by atoms with Crippen molar-refractivity contribution in [1.82, 2.24) is 0 Å². The molecule has 0 saturated carbocycles. The van der Waals surface area contributed by atoms with Crippen LogP contribution in [0.2, 0.25) is 0 Å². The molecule has 0 fully saturated rings. The molecule has 0 heterocycles. The van der Waals surface area contributed by atoms with Crippen molar-refractivity contribution in [2.24, 2.45) is 11.8 Å². The van der Waals surface area contributed by atoms with Gasteiger partial charge in [0.15, 0.2) is 11.6 Å². The SMILES string of the molecule is CC(C(=O)O)C(C)C(=O)Nc1ccc(O)c(F)c1. The van der Waals surface area contributed by atoms with E-state index in [9.17, 15) is 14.0 Å². The van der Waals surface area contributed by atoms with Crippen molar-refractivity contribution < 1.29 is 24.2 Å². The molecule has 0 aromatic heterocycles. The van der Waals surface area contributed by atoms with E-state index in [4.69, 9.17) is 10.2 Å². The molecule has 0 aliphatic rings. The Morgan fingerprint density at radius 3 is 2.39 bits per heavy atom. The maximum Gasteiger partial charge on any atom is 0.307 e. The minimum Gasteiger partial charge on any atom is -0.505 e. The summed E-state index contributed by atoms with van der Waals surface area (Å²) in [4.78, 5) is 22.4. The molecule has 2 unspecified atom stereocenters. The molecule has 0 radical (unpaired) electrons. The Balaban J connectivity index is 2.75. The summed E-state index contributed by atoms with van der Waals surface area (Å²) in [6, 6.07) is 3.40. The minimum absolute atomic E-state index is 0.166. The number of benzene rings is 1. The molecule has 1 amide bonds. The van der Waals surface area contributed by atoms with E-state index in [0.717, 1.165) is 12.1 Å². The summed E-state index contributed by atoms with van der Waals surface area (Å²) in [5.41, 5.74) is 0.166. The van der Waals surface area contributed by atoms with E-state index in [2.05, 4.69) is 5.32 Å². The third kappa shape index (κ3) is 3.19. The predicted molar refractivity (Wildman–Crippen MR) is 62.7 cm³/mol. The van der Waals surface area contributed by atoms with Gasteiger partial charge in [0.1, 0.15) is 0 Å². The van der Waals surface area contributed by atoms with Crippen molar-refractivity contribution in [1.29, 1.82) is 0 Å². The number of rotatable bonds is 4. The van der Waals surface area contributed by atoms with Crippen LogP contribution in [0.3, 0.4) is 0 Å². The van der Waals surface area contributed by atoms with Crippen LogP contribution in [-0.2, 0) is 9.59 Å². The highest BCUT2D eigenvalue weighted by Crippen LogP contribution is 2.21. The molecular formula is C12H14FNO4. The van der Waals surface area contributed by atoms with Gasteiger partial charge in [-0.3, -0.25) is 9.59 Å². The molecule has 1 aromatic carbocycles. The number of carboxylic acid groups (broad SMARTS) is 1. The van der Waals surface area contributed by atoms with Crippen LogP contribution in [-0.4, -0.2) is 22.1 Å². The second-order valence-corrected chi connectivity index (χ2v) is 4.07. The minimum atomic E-state index is -1.07. The summed E-state index contributed by atoms with van der Waals surface area (Å²) in [7, 11) is 0. The zero-order chi connectivity index (χ0) is 13.9. The fraction of sp³-hybridized carbons (Fsp3) is 0.333. The first-order chi connectivity index (χ1) is 8.32. The van der Waals surface area contributed by atoms with Gasteiger partial charge in [-0.25, -0.2) is 4.39 Å². The average molecular weight is 255 g/mol. The van der Waals surface area contributed by atoms with Crippen molar-refractivity contribution in [3.05, 3.63) is 24.0 Å². The summed E-state index contributed by atoms with van der Waals surface area (Å²) in [6.07, 6.45) is 0. The van der Waals surface area contributed by atoms with Gasteiger partial charge in [-0.2, -0.15) is 0 Å². The van der Waals surface area contributed by atoms with Gasteiger partial charge in [-0.05, 0) is 12.1 Å². The number of carboxylic acids is 1. The summed E-state index contributed by atoms with van der Waals surface area (Å²) in [5, 5.41) is 20.1. The Bertz CT molecular complexity index is 475. The largest absolute Gasteiger partial charge is 0.505 e. The fourth-order valence-electron chi connectivity index (χ4n) is 1.28. The van der Waals surface area contributed by atoms with Gasteiger partial charge in [-0.15, -0.1) is 0 Å². The molecule has 5 nitrogen and oxygen atoms in total. The Morgan fingerprint density at radius 2 is 1.89 bits per heavy atom. The van der Waals surface area contributed by atoms with E-state index in [-0.39, 0.29) is 5.69 Å². The molecule has 0 aliphatic carbocycles. The highest BCUT2D eigenvalue weighted by atomic mass is 19.1. The third-order valence-corrected chi connectivity index (χ3v) is 2.77. The highest BCUT2D eigenvalue weighted by Gasteiger charge is 2.25. The van der Waals surface area contributed by atoms with E-state index in [0.29, 0.717) is 0 Å². The first kappa shape index (κ1) is 14.0. The van der Waals surface area contributed by atoms with Crippen molar-refractivity contribution in [3.8, 4) is 5.75 Å². The van der Waals surface area contributed by atoms with Gasteiger partial charge >= 0.3 is 5.97 Å². The predicted octanol–water partition coefficient (Wildman–Crippen LogP) is 1.83. The summed E-state index contributed by atoms with van der Waals surface area (Å²) >= 11 is 0. The Hall–Kier alpha value is -2.11. The lowest BCUT2D eigenvalue weighted by Gasteiger charge is -2.15. The van der Waals surface area contributed by atoms with Gasteiger partial charge in [0, 0.05) is 17.7 Å². The van der Waals surface area contributed by atoms with Gasteiger partial charge in [0.05, 0.1) is 5.92 Å². The Kier molecular flexibility index (Phi) is 4.25. The number of amides is 1. The zero-order valence-electron chi connectivity index (χ0n) is 9.98. The number of phenols is 1. The molecule has 0 spiro atoms. The van der Waals surface area contributed by atoms with E-state index in [1.165, 1.54) is 19.9 Å². The van der Waals surface area contributed by atoms with E-state index >= 15 is 0 Å². The molecule has 0 bridgehead atoms. The summed E-state index contributed by atoms with van der Waals surface area (Å²) in [5.74, 6) is -4.55. The number of carbonyl (C=O) groups excluding carboxylic acids is 1. The van der Waals surface area contributed by atoms with Crippen LogP contribution in [0.25, 0.3) is 0 Å². The van der Waals surface area contributed by atoms with Gasteiger partial charge < -0.3 is 15.5 Å². The van der Waals surface area contributed by atoms with E-state index in [1.54, 1.807) is 0 Å². The highest BCUT2D eigenvalue weighted by molar-refractivity contribution is 5.94. The number of nitrogens with one attached hydrogen (secondary N) is 1. The normalized spacial score (nSPS) is 13.7. The van der Waals surface area contributed by atoms with Crippen LogP contribution < -0.4 is 5.32 Å². The molecule has 6 heteroatoms. The lowest BCUT2D eigenvalue weighted by Crippen LogP contribution is -2.29. The topological polar surface area (TPSA) is 86.6 Å². The second kappa shape index (κ2) is 5.48. The van der Waals surface area contributed by atoms with Crippen molar-refractivity contribution >= 4 is 17.6 Å². The van der Waals surface area contributed by atoms with Gasteiger partial charge in [0.2, 0.25) is 5.91 Å². The molecule has 1 aromatic rings. The monoisotopic (exact) mass is 255 g/mol. The van der Waals surface area contributed by atoms with E-state index in [1.807, 2.05) is 0 Å². The molecule has 0 aliphatic heterocycles. The molecule has 98 valence electrons. The van der Waals surface area contributed by atoms with Crippen LogP contribution in [0.1, 0.15) is 13.8 Å². The number of aromatic hydroxyl groups is 1. The lowest BCUT2D eigenvalue weighted by atomic mass is 9.95. The smallest absolute Gasteiger partial charge is 0.307 e. The maximum absolute atomic E-state index is 13.0. The number of anilines is 1. The first-order valence-electron chi connectivity index (χ1n) is 5.35. The molecular weight excluding hydrogens is 241 g/mol. The Labute approximate surface area is 103 Å². The van der Waals surface area contributed by atoms with Crippen LogP contribution in [0.15, 0.2) is 18.2 Å². The fourth-order valence-corrected chi connectivity index (χ4v) is 1.28. The summed E-state index contributed by atoms with van der Waals surface area (Å²) < 4.78 is 13.0. The van der Waals surface area contributed by atoms with Crippen molar-refractivity contribution in [3.63, 3.8) is 0 Å². The molecule has 3 N–H and O–H groups in total. The molecule has 18 heavy (non-hydrogen) atoms. The Morgan fingerprint density at radius 1 is 1.28 bits per heavy atom. The maximum atomic E-state index is 13.0. The first-order valence-corrected chi connectivity index (χ1v) is 5.35. The number of phenolic OH excluding ortho intramolecular Hbond substituents is 1. The molecule has 1 rings (SSSR count). The number of hydrogen-bond acceptors (Lipinski definition) is 3. The van der Waals surface area contributed by atoms with Crippen molar-refractivity contribution in [2.45, 2.75) is 13.8 Å². The number of aliphatic carboxylic acids is 1. The summed E-state index contributed by atoms with van der Waals surface area (Å²) in [6.45, 7) is 2.90. The van der Waals surface area contributed by atoms with Crippen LogP contribution in [0, 0.1) is 17.7 Å². The number of hydrogen-bond donors (Lipinski definition) is 3. The quantitative estimate of drug-likeness (QED) is 0.716. The van der Waals surface area contributed by atoms with Gasteiger partial charge in [-0.1, -0.05) is 13.8 Å². The van der Waals surface area contributed by atoms with Crippen LogP contribution in [0.4, 0.5) is 10.1 Å². The lowest BCUT2D eigenvalue weighted by molar-refractivity contribution is -0.145. The van der Waals surface area contributed by atoms with Crippen LogP contribution in [0.5, 0.6) is 5.75 Å². The zero-order valence-corrected chi connectivity index (χ0v) is 9.98. The van der Waals surface area contributed by atoms with Crippen molar-refractivity contribution in [2.75, 3.05) is 5.32 Å². The van der Waals surface area contributed by atoms with Crippen LogP contribution >= 0.6 is 0 Å². The van der Waals surface area contributed by atoms with E-state index < -0.39 is 35.3 Å². The standard InChI is InChI=1S/C12H14FNO4/c1-6(7(2)12(17)18)11(16)14-8-3-4-10(15)9(13)5-8/h3-7,15H,1-2H3,(H,14,16)(H,17,18). The second-order valence-electron chi connectivity index (χ2n) is 4.07. The average Bonchev–Trinajstić information content (AvgIpc) is 2.31. The molecule has 2 atom stereocenters. The molecule has 0 saturated heterocycles. The third-order valence-electron chi connectivity index (χ3n) is 2.77.